The lowest BCUT2D eigenvalue weighted by Crippen LogP contribution is -2.60. The molecule has 0 radical (unpaired) electrons. The summed E-state index contributed by atoms with van der Waals surface area (Å²) in [6.07, 6.45) is 10.2. The van der Waals surface area contributed by atoms with Crippen molar-refractivity contribution in [1.82, 2.24) is 0 Å². The molecule has 9 atom stereocenters. The van der Waals surface area contributed by atoms with Crippen molar-refractivity contribution < 1.29 is 19.4 Å². The highest BCUT2D eigenvalue weighted by atomic mass is 16.6. The van der Waals surface area contributed by atoms with E-state index in [0.29, 0.717) is 5.92 Å². The number of hydrogen-bond acceptors (Lipinski definition) is 4. The van der Waals surface area contributed by atoms with Crippen molar-refractivity contribution in [3.05, 3.63) is 23.3 Å². The number of carbonyl (C=O) groups is 2. The van der Waals surface area contributed by atoms with Crippen molar-refractivity contribution in [1.29, 1.82) is 0 Å². The Morgan fingerprint density at radius 3 is 2.50 bits per heavy atom. The maximum absolute atomic E-state index is 13.8. The molecular weight excluding hydrogens is 424 g/mol. The zero-order valence-electron chi connectivity index (χ0n) is 22.2. The summed E-state index contributed by atoms with van der Waals surface area (Å²) in [6, 6.07) is 0. The Hall–Kier alpha value is -1.42. The minimum absolute atomic E-state index is 0.00806. The van der Waals surface area contributed by atoms with Crippen LogP contribution in [0.1, 0.15) is 93.4 Å². The predicted molar refractivity (Wildman–Crippen MR) is 133 cm³/mol. The number of aliphatic hydroxyl groups is 1. The van der Waals surface area contributed by atoms with Gasteiger partial charge in [0.2, 0.25) is 0 Å². The molecule has 1 saturated heterocycles. The van der Waals surface area contributed by atoms with Crippen molar-refractivity contribution >= 4 is 11.8 Å². The summed E-state index contributed by atoms with van der Waals surface area (Å²) in [4.78, 5) is 26.7. The van der Waals surface area contributed by atoms with E-state index in [1.54, 1.807) is 0 Å². The van der Waals surface area contributed by atoms with Crippen LogP contribution in [0.4, 0.5) is 0 Å². The molecule has 34 heavy (non-hydrogen) atoms. The van der Waals surface area contributed by atoms with Crippen molar-refractivity contribution in [2.75, 3.05) is 0 Å². The van der Waals surface area contributed by atoms with Gasteiger partial charge < -0.3 is 9.84 Å². The summed E-state index contributed by atoms with van der Waals surface area (Å²) in [5, 5.41) is 10.8. The second-order valence-corrected chi connectivity index (χ2v) is 13.8. The van der Waals surface area contributed by atoms with Gasteiger partial charge >= 0.3 is 5.97 Å². The van der Waals surface area contributed by atoms with Crippen LogP contribution in [-0.2, 0) is 14.3 Å². The van der Waals surface area contributed by atoms with Crippen LogP contribution in [0.3, 0.4) is 0 Å². The second-order valence-electron chi connectivity index (χ2n) is 13.8. The van der Waals surface area contributed by atoms with Gasteiger partial charge in [-0.25, -0.2) is 0 Å². The number of aliphatic hydroxyl groups excluding tert-OH is 1. The molecule has 1 aliphatic heterocycles. The van der Waals surface area contributed by atoms with E-state index in [9.17, 15) is 14.7 Å². The number of carbonyl (C=O) groups excluding carboxylic acids is 2. The van der Waals surface area contributed by atoms with Crippen LogP contribution < -0.4 is 0 Å². The molecule has 1 heterocycles. The monoisotopic (exact) mass is 468 g/mol. The summed E-state index contributed by atoms with van der Waals surface area (Å²) < 4.78 is 6.06. The van der Waals surface area contributed by atoms with Crippen LogP contribution in [0.5, 0.6) is 0 Å². The van der Waals surface area contributed by atoms with E-state index in [2.05, 4.69) is 54.5 Å². The Morgan fingerprint density at radius 2 is 1.82 bits per heavy atom. The van der Waals surface area contributed by atoms with Gasteiger partial charge in [0.1, 0.15) is 6.10 Å². The van der Waals surface area contributed by atoms with E-state index in [4.69, 9.17) is 4.74 Å². The summed E-state index contributed by atoms with van der Waals surface area (Å²) in [6.45, 7) is 15.5. The van der Waals surface area contributed by atoms with Gasteiger partial charge in [-0.15, -0.1) is 0 Å². The standard InChI is InChI=1S/C30H44O4/c1-17(2)9-8-10-18-24-22(34-26(18)33)16-30(7)20-15-21(31)25-27(3,4)23(32)12-13-28(25,5)19(20)11-14-29(24,30)6/h9,15,18-19,22-25,32H,8,10-14,16H2,1-7H3/t18-,19-,22+,23-,24-,25+,28-,29+,30-/m1/s1. The number of hydrogen-bond donors (Lipinski definition) is 1. The third-order valence-electron chi connectivity index (χ3n) is 11.6. The van der Waals surface area contributed by atoms with Gasteiger partial charge in [0, 0.05) is 17.3 Å². The second kappa shape index (κ2) is 7.54. The van der Waals surface area contributed by atoms with E-state index in [1.165, 1.54) is 11.1 Å². The number of fused-ring (bicyclic) bond motifs is 7. The molecule has 1 N–H and O–H groups in total. The molecule has 4 nitrogen and oxygen atoms in total. The predicted octanol–water partition coefficient (Wildman–Crippen LogP) is 6.03. The van der Waals surface area contributed by atoms with E-state index < -0.39 is 11.5 Å². The first-order valence-electron chi connectivity index (χ1n) is 13.6. The SMILES string of the molecule is CC(C)=CCC[C@H]1C(=O)O[C@H]2C[C@]3(C)C4=CC(=O)[C@H]5C(C)(C)[C@H](O)CC[C@]5(C)[C@@H]4CC[C@@]3(C)[C@@H]21. The van der Waals surface area contributed by atoms with Gasteiger partial charge in [-0.1, -0.05) is 51.8 Å². The zero-order valence-corrected chi connectivity index (χ0v) is 22.2. The average molecular weight is 469 g/mol. The topological polar surface area (TPSA) is 63.6 Å². The van der Waals surface area contributed by atoms with Crippen LogP contribution in [0.15, 0.2) is 23.3 Å². The largest absolute Gasteiger partial charge is 0.462 e. The molecule has 5 aliphatic rings. The first-order valence-corrected chi connectivity index (χ1v) is 13.6. The van der Waals surface area contributed by atoms with Gasteiger partial charge in [0.25, 0.3) is 0 Å². The highest BCUT2D eigenvalue weighted by molar-refractivity contribution is 5.95. The van der Waals surface area contributed by atoms with Gasteiger partial charge in [-0.05, 0) is 87.0 Å². The van der Waals surface area contributed by atoms with Crippen molar-refractivity contribution in [2.24, 2.45) is 45.3 Å². The number of rotatable bonds is 3. The summed E-state index contributed by atoms with van der Waals surface area (Å²) in [7, 11) is 0. The smallest absolute Gasteiger partial charge is 0.309 e. The minimum Gasteiger partial charge on any atom is -0.462 e. The van der Waals surface area contributed by atoms with Gasteiger partial charge in [0.05, 0.1) is 12.0 Å². The van der Waals surface area contributed by atoms with Crippen LogP contribution in [0, 0.1) is 45.3 Å². The Kier molecular flexibility index (Phi) is 5.39. The minimum atomic E-state index is -0.430. The Morgan fingerprint density at radius 1 is 1.12 bits per heavy atom. The fourth-order valence-corrected chi connectivity index (χ4v) is 9.72. The molecule has 0 aromatic carbocycles. The van der Waals surface area contributed by atoms with Crippen molar-refractivity contribution in [3.63, 3.8) is 0 Å². The number of ketones is 1. The maximum Gasteiger partial charge on any atom is 0.309 e. The third kappa shape index (κ3) is 2.99. The molecule has 0 bridgehead atoms. The Balaban J connectivity index is 1.53. The quantitative estimate of drug-likeness (QED) is 0.406. The lowest BCUT2D eigenvalue weighted by atomic mass is 9.40. The Labute approximate surface area is 205 Å². The van der Waals surface area contributed by atoms with Crippen LogP contribution in [0.2, 0.25) is 0 Å². The molecule has 3 saturated carbocycles. The molecule has 0 aromatic heterocycles. The number of esters is 1. The van der Waals surface area contributed by atoms with Gasteiger partial charge in [-0.2, -0.15) is 0 Å². The van der Waals surface area contributed by atoms with E-state index in [1.807, 2.05) is 6.08 Å². The van der Waals surface area contributed by atoms with E-state index in [-0.39, 0.29) is 51.9 Å². The average Bonchev–Trinajstić information content (AvgIpc) is 3.15. The number of ether oxygens (including phenoxy) is 1. The third-order valence-corrected chi connectivity index (χ3v) is 11.6. The maximum atomic E-state index is 13.8. The van der Waals surface area contributed by atoms with Gasteiger partial charge in [-0.3, -0.25) is 9.59 Å². The molecule has 0 amide bonds. The highest BCUT2D eigenvalue weighted by Crippen LogP contribution is 2.74. The zero-order chi connectivity index (χ0) is 24.8. The summed E-state index contributed by atoms with van der Waals surface area (Å²) in [5.41, 5.74) is 1.90. The lowest BCUT2D eigenvalue weighted by molar-refractivity contribution is -0.158. The first-order chi connectivity index (χ1) is 15.8. The van der Waals surface area contributed by atoms with Crippen LogP contribution in [-0.4, -0.2) is 29.1 Å². The molecule has 0 unspecified atom stereocenters. The molecule has 4 fully saturated rings. The summed E-state index contributed by atoms with van der Waals surface area (Å²) in [5.74, 6) is 0.599. The number of allylic oxidation sites excluding steroid dienone is 4. The van der Waals surface area contributed by atoms with Crippen LogP contribution >= 0.6 is 0 Å². The fourth-order valence-electron chi connectivity index (χ4n) is 9.72. The van der Waals surface area contributed by atoms with E-state index in [0.717, 1.165) is 44.9 Å². The molecule has 0 spiro atoms. The van der Waals surface area contributed by atoms with Crippen LogP contribution in [0.25, 0.3) is 0 Å². The first kappa shape index (κ1) is 24.3. The Bertz CT molecular complexity index is 970. The fraction of sp³-hybridized carbons (Fsp3) is 0.800. The molecule has 0 aromatic rings. The molecule has 5 rings (SSSR count). The molecular formula is C30H44O4. The van der Waals surface area contributed by atoms with Crippen molar-refractivity contribution in [3.8, 4) is 0 Å². The van der Waals surface area contributed by atoms with Gasteiger partial charge in [0.15, 0.2) is 5.78 Å². The molecule has 4 aliphatic carbocycles. The summed E-state index contributed by atoms with van der Waals surface area (Å²) >= 11 is 0. The molecule has 188 valence electrons. The highest BCUT2D eigenvalue weighted by Gasteiger charge is 2.71. The van der Waals surface area contributed by atoms with Crippen molar-refractivity contribution in [2.45, 2.75) is 106 Å². The molecule has 4 heteroatoms. The normalized spacial score (nSPS) is 48.8. The lowest BCUT2D eigenvalue weighted by Gasteiger charge is -2.63. The van der Waals surface area contributed by atoms with E-state index >= 15 is 0 Å².